The number of methoxy groups -OCH3 is 1. The fourth-order valence-electron chi connectivity index (χ4n) is 2.32. The van der Waals surface area contributed by atoms with Crippen LogP contribution in [0.1, 0.15) is 16.2 Å². The van der Waals surface area contributed by atoms with Gasteiger partial charge in [0, 0.05) is 17.4 Å². The number of para-hydroxylation sites is 1. The Morgan fingerprint density at radius 1 is 1.20 bits per heavy atom. The van der Waals surface area contributed by atoms with Crippen LogP contribution in [0.15, 0.2) is 57.5 Å². The zero-order valence-corrected chi connectivity index (χ0v) is 15.1. The zero-order chi connectivity index (χ0) is 17.6. The molecule has 0 aliphatic heterocycles. The van der Waals surface area contributed by atoms with Crippen LogP contribution in [-0.4, -0.2) is 29.7 Å². The van der Waals surface area contributed by atoms with Gasteiger partial charge < -0.3 is 14.6 Å². The number of benzene rings is 2. The third-order valence-electron chi connectivity index (χ3n) is 3.56. The number of ether oxygens (including phenoxy) is 1. The summed E-state index contributed by atoms with van der Waals surface area (Å²) in [6.45, 7) is 0.397. The van der Waals surface area contributed by atoms with Gasteiger partial charge in [-0.05, 0) is 40.2 Å². The van der Waals surface area contributed by atoms with E-state index < -0.39 is 0 Å². The van der Waals surface area contributed by atoms with E-state index in [0.29, 0.717) is 36.0 Å². The van der Waals surface area contributed by atoms with Gasteiger partial charge in [0.15, 0.2) is 0 Å². The van der Waals surface area contributed by atoms with Crippen LogP contribution in [0.5, 0.6) is 5.75 Å². The molecule has 6 nitrogen and oxygen atoms in total. The molecule has 3 aromatic rings. The van der Waals surface area contributed by atoms with E-state index in [1.807, 2.05) is 42.5 Å². The highest BCUT2D eigenvalue weighted by Gasteiger charge is 2.13. The van der Waals surface area contributed by atoms with Gasteiger partial charge in [0.1, 0.15) is 5.75 Å². The molecule has 0 saturated heterocycles. The summed E-state index contributed by atoms with van der Waals surface area (Å²) in [6, 6.07) is 14.7. The molecule has 0 aliphatic rings. The fraction of sp³-hybridized carbons (Fsp3) is 0.167. The van der Waals surface area contributed by atoms with Gasteiger partial charge >= 0.3 is 0 Å². The van der Waals surface area contributed by atoms with Crippen molar-refractivity contribution >= 4 is 21.8 Å². The number of nitrogens with zero attached hydrogens (tertiary/aromatic N) is 2. The first-order valence-corrected chi connectivity index (χ1v) is 8.47. The van der Waals surface area contributed by atoms with E-state index in [2.05, 4.69) is 31.4 Å². The summed E-state index contributed by atoms with van der Waals surface area (Å²) in [6.07, 6.45) is 0.443. The highest BCUT2D eigenvalue weighted by Crippen LogP contribution is 2.27. The van der Waals surface area contributed by atoms with Crippen LogP contribution in [0.4, 0.5) is 0 Å². The van der Waals surface area contributed by atoms with E-state index in [-0.39, 0.29) is 5.91 Å². The molecule has 0 saturated carbocycles. The summed E-state index contributed by atoms with van der Waals surface area (Å²) in [5.41, 5.74) is 1.35. The Kier molecular flexibility index (Phi) is 5.45. The van der Waals surface area contributed by atoms with E-state index in [1.165, 1.54) is 0 Å². The first kappa shape index (κ1) is 17.2. The van der Waals surface area contributed by atoms with Gasteiger partial charge in [0.25, 0.3) is 5.91 Å². The summed E-state index contributed by atoms with van der Waals surface area (Å²) in [5.74, 6) is 1.44. The normalized spacial score (nSPS) is 10.5. The van der Waals surface area contributed by atoms with E-state index in [9.17, 15) is 4.79 Å². The lowest BCUT2D eigenvalue weighted by atomic mass is 10.2. The van der Waals surface area contributed by atoms with E-state index in [0.717, 1.165) is 10.0 Å². The molecule has 128 valence electrons. The van der Waals surface area contributed by atoms with Crippen molar-refractivity contribution in [2.24, 2.45) is 0 Å². The third kappa shape index (κ3) is 4.06. The molecule has 7 heteroatoms. The van der Waals surface area contributed by atoms with E-state index in [4.69, 9.17) is 9.26 Å². The molecule has 0 spiro atoms. The van der Waals surface area contributed by atoms with Crippen molar-refractivity contribution in [3.63, 3.8) is 0 Å². The third-order valence-corrected chi connectivity index (χ3v) is 4.25. The second-order valence-corrected chi connectivity index (χ2v) is 6.05. The average Bonchev–Trinajstić information content (AvgIpc) is 3.10. The summed E-state index contributed by atoms with van der Waals surface area (Å²) < 4.78 is 11.3. The second-order valence-electron chi connectivity index (χ2n) is 5.20. The largest absolute Gasteiger partial charge is 0.496 e. The maximum atomic E-state index is 12.1. The second kappa shape index (κ2) is 7.94. The summed E-state index contributed by atoms with van der Waals surface area (Å²) in [4.78, 5) is 16.5. The van der Waals surface area contributed by atoms with Crippen molar-refractivity contribution in [1.82, 2.24) is 15.5 Å². The summed E-state index contributed by atoms with van der Waals surface area (Å²) in [5, 5.41) is 6.82. The first-order chi connectivity index (χ1) is 12.2. The van der Waals surface area contributed by atoms with Gasteiger partial charge in [0.05, 0.1) is 18.2 Å². The molecule has 0 radical (unpaired) electrons. The van der Waals surface area contributed by atoms with E-state index in [1.54, 1.807) is 13.2 Å². The van der Waals surface area contributed by atoms with Crippen molar-refractivity contribution in [1.29, 1.82) is 0 Å². The van der Waals surface area contributed by atoms with Crippen molar-refractivity contribution in [3.8, 4) is 17.1 Å². The van der Waals surface area contributed by atoms with Crippen molar-refractivity contribution in [2.75, 3.05) is 13.7 Å². The molecular formula is C18H16BrN3O3. The van der Waals surface area contributed by atoms with Gasteiger partial charge in [-0.25, -0.2) is 0 Å². The van der Waals surface area contributed by atoms with Crippen molar-refractivity contribution < 1.29 is 14.1 Å². The lowest BCUT2D eigenvalue weighted by molar-refractivity contribution is 0.0952. The maximum absolute atomic E-state index is 12.1. The highest BCUT2D eigenvalue weighted by molar-refractivity contribution is 9.10. The number of carbonyl (C=O) groups excluding carboxylic acids is 1. The number of halogens is 1. The minimum atomic E-state index is -0.156. The summed E-state index contributed by atoms with van der Waals surface area (Å²) >= 11 is 3.36. The smallest absolute Gasteiger partial charge is 0.252 e. The molecule has 0 unspecified atom stereocenters. The molecule has 1 N–H and O–H groups in total. The number of aromatic nitrogens is 2. The van der Waals surface area contributed by atoms with Crippen molar-refractivity contribution in [3.05, 3.63) is 64.5 Å². The van der Waals surface area contributed by atoms with Crippen LogP contribution >= 0.6 is 15.9 Å². The Morgan fingerprint density at radius 2 is 1.96 bits per heavy atom. The molecule has 1 aromatic heterocycles. The molecule has 0 bridgehead atoms. The molecule has 1 amide bonds. The van der Waals surface area contributed by atoms with Gasteiger partial charge in [-0.1, -0.05) is 29.4 Å². The number of hydrogen-bond acceptors (Lipinski definition) is 5. The molecule has 0 aliphatic carbocycles. The molecule has 0 atom stereocenters. The highest BCUT2D eigenvalue weighted by atomic mass is 79.9. The van der Waals surface area contributed by atoms with Crippen LogP contribution in [0.25, 0.3) is 11.4 Å². The number of amides is 1. The topological polar surface area (TPSA) is 77.3 Å². The average molecular weight is 402 g/mol. The number of rotatable bonds is 6. The standard InChI is InChI=1S/C18H16BrN3O3/c1-24-15-9-5-3-7-13(15)17-21-16(25-22-17)10-11-20-18(23)12-6-2-4-8-14(12)19/h2-9H,10-11H2,1H3,(H,20,23). The Bertz CT molecular complexity index is 879. The summed E-state index contributed by atoms with van der Waals surface area (Å²) in [7, 11) is 1.59. The predicted octanol–water partition coefficient (Wildman–Crippen LogP) is 3.48. The van der Waals surface area contributed by atoms with Gasteiger partial charge in [0.2, 0.25) is 11.7 Å². The van der Waals surface area contributed by atoms with Gasteiger partial charge in [-0.15, -0.1) is 0 Å². The first-order valence-electron chi connectivity index (χ1n) is 7.67. The lowest BCUT2D eigenvalue weighted by Gasteiger charge is -2.05. The van der Waals surface area contributed by atoms with Gasteiger partial charge in [-0.2, -0.15) is 4.98 Å². The lowest BCUT2D eigenvalue weighted by Crippen LogP contribution is -2.26. The van der Waals surface area contributed by atoms with Crippen LogP contribution in [0.3, 0.4) is 0 Å². The minimum Gasteiger partial charge on any atom is -0.496 e. The Morgan fingerprint density at radius 3 is 2.76 bits per heavy atom. The van der Waals surface area contributed by atoms with Crippen LogP contribution in [0, 0.1) is 0 Å². The quantitative estimate of drug-likeness (QED) is 0.683. The van der Waals surface area contributed by atoms with Crippen LogP contribution in [-0.2, 0) is 6.42 Å². The number of nitrogens with one attached hydrogen (secondary N) is 1. The van der Waals surface area contributed by atoms with Crippen LogP contribution < -0.4 is 10.1 Å². The maximum Gasteiger partial charge on any atom is 0.252 e. The number of hydrogen-bond donors (Lipinski definition) is 1. The minimum absolute atomic E-state index is 0.156. The Balaban J connectivity index is 1.61. The van der Waals surface area contributed by atoms with Crippen molar-refractivity contribution in [2.45, 2.75) is 6.42 Å². The molecule has 25 heavy (non-hydrogen) atoms. The molecule has 0 fully saturated rings. The molecule has 1 heterocycles. The van der Waals surface area contributed by atoms with E-state index >= 15 is 0 Å². The monoisotopic (exact) mass is 401 g/mol. The number of carbonyl (C=O) groups is 1. The molecule has 2 aromatic carbocycles. The Labute approximate surface area is 153 Å². The zero-order valence-electron chi connectivity index (χ0n) is 13.5. The van der Waals surface area contributed by atoms with Gasteiger partial charge in [-0.3, -0.25) is 4.79 Å². The SMILES string of the molecule is COc1ccccc1-c1noc(CCNC(=O)c2ccccc2Br)n1. The molecular weight excluding hydrogens is 386 g/mol. The predicted molar refractivity (Wildman–Crippen MR) is 96.5 cm³/mol. The van der Waals surface area contributed by atoms with Crippen LogP contribution in [0.2, 0.25) is 0 Å². The fourth-order valence-corrected chi connectivity index (χ4v) is 2.78. The Hall–Kier alpha value is -2.67. The molecule has 3 rings (SSSR count).